The maximum atomic E-state index is 15.0. The number of carbonyl (C=O) groups excluding carboxylic acids is 1. The molecule has 1 N–H and O–H groups in total. The number of pyridine rings is 1. The average molecular weight is 580 g/mol. The summed E-state index contributed by atoms with van der Waals surface area (Å²) in [6, 6.07) is 15.4. The van der Waals surface area contributed by atoms with E-state index in [1.807, 2.05) is 12.1 Å². The van der Waals surface area contributed by atoms with Crippen molar-refractivity contribution in [3.63, 3.8) is 0 Å². The van der Waals surface area contributed by atoms with Crippen molar-refractivity contribution in [2.24, 2.45) is 5.16 Å². The molecule has 2 aromatic carbocycles. The van der Waals surface area contributed by atoms with E-state index < -0.39 is 29.8 Å². The van der Waals surface area contributed by atoms with Crippen LogP contribution in [0.2, 0.25) is 0 Å². The number of oxime groups is 1. The average Bonchev–Trinajstić information content (AvgIpc) is 3.64. The smallest absolute Gasteiger partial charge is 0.385 e. The van der Waals surface area contributed by atoms with Gasteiger partial charge in [0.2, 0.25) is 0 Å². The van der Waals surface area contributed by atoms with Crippen molar-refractivity contribution in [1.29, 1.82) is 0 Å². The standard InChI is InChI=1S/C29H25F4N7O2/c1-17-5-6-21(22(30)10-17)18-11-19(24-14-25(42-38-24)23-4-2-3-7-34-23)13-20(12-18)27(41)35-16-39-8-9-40-26(15-39)36-28(37-40)29(31,32)33/h2-7,10-13,25H,8-9,14-16H2,1H3,(H,35,41). The molecule has 6 rings (SSSR count). The Morgan fingerprint density at radius 1 is 1.10 bits per heavy atom. The van der Waals surface area contributed by atoms with Gasteiger partial charge in [-0.15, -0.1) is 5.10 Å². The van der Waals surface area contributed by atoms with Crippen LogP contribution in [-0.2, 0) is 24.1 Å². The number of nitrogens with zero attached hydrogens (tertiary/aromatic N) is 6. The molecule has 42 heavy (non-hydrogen) atoms. The highest BCUT2D eigenvalue weighted by Gasteiger charge is 2.38. The minimum atomic E-state index is -4.63. The molecule has 0 saturated heterocycles. The van der Waals surface area contributed by atoms with Gasteiger partial charge in [-0.2, -0.15) is 13.2 Å². The third-order valence-corrected chi connectivity index (χ3v) is 7.11. The number of nitrogens with one attached hydrogen (secondary N) is 1. The van der Waals surface area contributed by atoms with Crippen LogP contribution < -0.4 is 5.32 Å². The van der Waals surface area contributed by atoms with Crippen molar-refractivity contribution in [3.8, 4) is 11.1 Å². The molecular weight excluding hydrogens is 554 g/mol. The maximum Gasteiger partial charge on any atom is 0.453 e. The predicted octanol–water partition coefficient (Wildman–Crippen LogP) is 4.88. The minimum Gasteiger partial charge on any atom is -0.385 e. The summed E-state index contributed by atoms with van der Waals surface area (Å²) in [6.45, 7) is 2.52. The van der Waals surface area contributed by atoms with E-state index in [2.05, 4.69) is 25.5 Å². The molecule has 1 unspecified atom stereocenters. The Morgan fingerprint density at radius 3 is 2.69 bits per heavy atom. The number of halogens is 4. The lowest BCUT2D eigenvalue weighted by Crippen LogP contribution is -2.42. The van der Waals surface area contributed by atoms with Crippen LogP contribution in [0.5, 0.6) is 0 Å². The van der Waals surface area contributed by atoms with E-state index in [0.29, 0.717) is 35.4 Å². The number of benzene rings is 2. The zero-order valence-corrected chi connectivity index (χ0v) is 22.4. The highest BCUT2D eigenvalue weighted by atomic mass is 19.4. The third-order valence-electron chi connectivity index (χ3n) is 7.11. The highest BCUT2D eigenvalue weighted by molar-refractivity contribution is 6.05. The summed E-state index contributed by atoms with van der Waals surface area (Å²) in [4.78, 5) is 28.7. The normalized spacial score (nSPS) is 17.0. The molecule has 1 amide bonds. The molecule has 2 aliphatic rings. The summed E-state index contributed by atoms with van der Waals surface area (Å²) in [5.74, 6) is -1.87. The number of aromatic nitrogens is 4. The molecule has 216 valence electrons. The number of amides is 1. The summed E-state index contributed by atoms with van der Waals surface area (Å²) in [6.07, 6.45) is -2.94. The molecule has 0 saturated carbocycles. The first-order valence-electron chi connectivity index (χ1n) is 13.2. The van der Waals surface area contributed by atoms with E-state index in [1.165, 1.54) is 10.7 Å². The number of rotatable bonds is 6. The van der Waals surface area contributed by atoms with Crippen molar-refractivity contribution in [2.75, 3.05) is 13.2 Å². The first-order valence-corrected chi connectivity index (χ1v) is 13.2. The lowest BCUT2D eigenvalue weighted by Gasteiger charge is -2.26. The van der Waals surface area contributed by atoms with E-state index in [4.69, 9.17) is 4.84 Å². The van der Waals surface area contributed by atoms with E-state index in [-0.39, 0.29) is 31.1 Å². The van der Waals surface area contributed by atoms with Crippen LogP contribution in [0.1, 0.15) is 51.4 Å². The molecule has 9 nitrogen and oxygen atoms in total. The van der Waals surface area contributed by atoms with Crippen LogP contribution in [0, 0.1) is 12.7 Å². The summed E-state index contributed by atoms with van der Waals surface area (Å²) < 4.78 is 55.3. The highest BCUT2D eigenvalue weighted by Crippen LogP contribution is 2.32. The van der Waals surface area contributed by atoms with Gasteiger partial charge in [-0.05, 0) is 54.4 Å². The minimum absolute atomic E-state index is 0.0668. The van der Waals surface area contributed by atoms with Crippen LogP contribution in [0.15, 0.2) is 65.9 Å². The Labute approximate surface area is 237 Å². The molecule has 0 fully saturated rings. The molecule has 0 aliphatic carbocycles. The lowest BCUT2D eigenvalue weighted by molar-refractivity contribution is -0.145. The molecule has 13 heteroatoms. The first kappa shape index (κ1) is 27.5. The van der Waals surface area contributed by atoms with E-state index in [9.17, 15) is 22.4 Å². The van der Waals surface area contributed by atoms with Gasteiger partial charge in [0.25, 0.3) is 11.7 Å². The molecule has 4 heterocycles. The fourth-order valence-electron chi connectivity index (χ4n) is 4.93. The Balaban J connectivity index is 1.23. The SMILES string of the molecule is Cc1ccc(-c2cc(C(=O)NCN3CCn4nc(C(F)(F)F)nc4C3)cc(C3=NOC(c4ccccn4)C3)c2)c(F)c1. The topological polar surface area (TPSA) is 97.5 Å². The van der Waals surface area contributed by atoms with Crippen LogP contribution in [0.3, 0.4) is 0 Å². The zero-order chi connectivity index (χ0) is 29.4. The molecule has 4 aromatic rings. The number of aryl methyl sites for hydroxylation is 1. The zero-order valence-electron chi connectivity index (χ0n) is 22.4. The van der Waals surface area contributed by atoms with Crippen molar-refractivity contribution >= 4 is 11.6 Å². The summed E-state index contributed by atoms with van der Waals surface area (Å²) in [5, 5.41) is 10.6. The van der Waals surface area contributed by atoms with Crippen molar-refractivity contribution in [2.45, 2.75) is 38.7 Å². The van der Waals surface area contributed by atoms with Gasteiger partial charge in [-0.25, -0.2) is 14.1 Å². The molecule has 2 aromatic heterocycles. The van der Waals surface area contributed by atoms with E-state index in [0.717, 1.165) is 11.3 Å². The van der Waals surface area contributed by atoms with E-state index >= 15 is 0 Å². The van der Waals surface area contributed by atoms with Gasteiger partial charge >= 0.3 is 6.18 Å². The molecule has 0 bridgehead atoms. The van der Waals surface area contributed by atoms with Crippen molar-refractivity contribution in [1.82, 2.24) is 30.0 Å². The maximum absolute atomic E-state index is 15.0. The fourth-order valence-corrected chi connectivity index (χ4v) is 4.93. The molecule has 0 spiro atoms. The van der Waals surface area contributed by atoms with Gasteiger partial charge in [-0.1, -0.05) is 23.4 Å². The van der Waals surface area contributed by atoms with Gasteiger partial charge in [0, 0.05) is 35.9 Å². The summed E-state index contributed by atoms with van der Waals surface area (Å²) >= 11 is 0. The molecule has 1 atom stereocenters. The summed E-state index contributed by atoms with van der Waals surface area (Å²) in [7, 11) is 0. The van der Waals surface area contributed by atoms with E-state index in [1.54, 1.807) is 54.4 Å². The fraction of sp³-hybridized carbons (Fsp3) is 0.276. The summed E-state index contributed by atoms with van der Waals surface area (Å²) in [5.41, 5.74) is 3.75. The van der Waals surface area contributed by atoms with Crippen molar-refractivity contribution in [3.05, 3.63) is 101 Å². The van der Waals surface area contributed by atoms with Crippen LogP contribution in [0.25, 0.3) is 11.1 Å². The third kappa shape index (κ3) is 5.73. The van der Waals surface area contributed by atoms with Gasteiger partial charge < -0.3 is 10.2 Å². The Hall–Kier alpha value is -4.65. The van der Waals surface area contributed by atoms with Crippen LogP contribution in [-0.4, -0.2) is 49.5 Å². The first-order chi connectivity index (χ1) is 20.1. The van der Waals surface area contributed by atoms with Crippen LogP contribution in [0.4, 0.5) is 17.6 Å². The number of carbonyl (C=O) groups is 1. The number of alkyl halides is 3. The second-order valence-corrected chi connectivity index (χ2v) is 10.2. The second kappa shape index (κ2) is 11.0. The van der Waals surface area contributed by atoms with Gasteiger partial charge in [0.15, 0.2) is 6.10 Å². The van der Waals surface area contributed by atoms with Crippen molar-refractivity contribution < 1.29 is 27.2 Å². The number of hydrogen-bond acceptors (Lipinski definition) is 7. The number of fused-ring (bicyclic) bond motifs is 1. The van der Waals surface area contributed by atoms with Gasteiger partial charge in [0.05, 0.1) is 31.2 Å². The largest absolute Gasteiger partial charge is 0.453 e. The quantitative estimate of drug-likeness (QED) is 0.327. The Bertz CT molecular complexity index is 1670. The predicted molar refractivity (Wildman–Crippen MR) is 144 cm³/mol. The molecular formula is C29H25F4N7O2. The molecule has 0 radical (unpaired) electrons. The number of hydrogen-bond donors (Lipinski definition) is 1. The Kier molecular flexibility index (Phi) is 7.19. The van der Waals surface area contributed by atoms with Crippen LogP contribution >= 0.6 is 0 Å². The van der Waals surface area contributed by atoms with Gasteiger partial charge in [-0.3, -0.25) is 14.7 Å². The molecule has 2 aliphatic heterocycles. The Morgan fingerprint density at radius 2 is 1.93 bits per heavy atom. The second-order valence-electron chi connectivity index (χ2n) is 10.2. The van der Waals surface area contributed by atoms with Gasteiger partial charge in [0.1, 0.15) is 11.6 Å². The monoisotopic (exact) mass is 579 g/mol. The lowest BCUT2D eigenvalue weighted by atomic mass is 9.94.